The van der Waals surface area contributed by atoms with Gasteiger partial charge >= 0.3 is 0 Å². The fourth-order valence-corrected chi connectivity index (χ4v) is 9.50. The van der Waals surface area contributed by atoms with Gasteiger partial charge in [-0.05, 0) is 124 Å². The summed E-state index contributed by atoms with van der Waals surface area (Å²) in [5, 5.41) is 4.96. The lowest BCUT2D eigenvalue weighted by Crippen LogP contribution is -2.09. The summed E-state index contributed by atoms with van der Waals surface area (Å²) in [6, 6.07) is 90.0. The van der Waals surface area contributed by atoms with Crippen LogP contribution in [-0.2, 0) is 0 Å². The third kappa shape index (κ3) is 6.38. The standard InChI is InChI=1S/C60H41N3/c1-4-14-42(15-5-1)44-24-31-49(32-25-44)61(50-33-26-45(27-34-50)43-16-6-2-7-17-43)51-35-28-46(29-36-51)47-30-38-59-55(40-47)53-20-10-13-23-58(53)63(59)52-37-39-60-56(41-52)54-21-11-12-22-57(54)62(60)48-18-8-3-9-19-48/h1-41H. The summed E-state index contributed by atoms with van der Waals surface area (Å²) in [6.07, 6.45) is 0. The van der Waals surface area contributed by atoms with E-state index in [1.807, 2.05) is 0 Å². The van der Waals surface area contributed by atoms with Gasteiger partial charge in [-0.3, -0.25) is 0 Å². The lowest BCUT2D eigenvalue weighted by Gasteiger charge is -2.26. The third-order valence-corrected chi connectivity index (χ3v) is 12.5. The van der Waals surface area contributed by atoms with Crippen molar-refractivity contribution in [3.05, 3.63) is 249 Å². The molecule has 296 valence electrons. The van der Waals surface area contributed by atoms with Crippen LogP contribution in [0.25, 0.3) is 88.4 Å². The number of nitrogens with zero attached hydrogens (tertiary/aromatic N) is 3. The van der Waals surface area contributed by atoms with Crippen LogP contribution in [0.5, 0.6) is 0 Å². The summed E-state index contributed by atoms with van der Waals surface area (Å²) >= 11 is 0. The summed E-state index contributed by atoms with van der Waals surface area (Å²) in [7, 11) is 0. The van der Waals surface area contributed by atoms with E-state index in [0.29, 0.717) is 0 Å². The predicted molar refractivity (Wildman–Crippen MR) is 266 cm³/mol. The molecular weight excluding hydrogens is 763 g/mol. The molecule has 0 saturated carbocycles. The zero-order valence-corrected chi connectivity index (χ0v) is 34.5. The summed E-state index contributed by atoms with van der Waals surface area (Å²) in [6.45, 7) is 0. The molecule has 10 aromatic carbocycles. The minimum atomic E-state index is 1.10. The Bertz CT molecular complexity index is 3480. The van der Waals surface area contributed by atoms with Crippen molar-refractivity contribution in [3.8, 4) is 44.8 Å². The van der Waals surface area contributed by atoms with Crippen LogP contribution >= 0.6 is 0 Å². The summed E-state index contributed by atoms with van der Waals surface area (Å²) in [5.74, 6) is 0. The molecule has 0 aliphatic carbocycles. The van der Waals surface area contributed by atoms with E-state index in [2.05, 4.69) is 263 Å². The first-order valence-corrected chi connectivity index (χ1v) is 21.6. The Hall–Kier alpha value is -8.40. The van der Waals surface area contributed by atoms with Gasteiger partial charge in [0, 0.05) is 50.0 Å². The quantitative estimate of drug-likeness (QED) is 0.149. The first-order valence-electron chi connectivity index (χ1n) is 21.6. The summed E-state index contributed by atoms with van der Waals surface area (Å²) in [4.78, 5) is 2.35. The molecule has 0 N–H and O–H groups in total. The summed E-state index contributed by atoms with van der Waals surface area (Å²) < 4.78 is 4.80. The normalized spacial score (nSPS) is 11.5. The molecule has 0 radical (unpaired) electrons. The van der Waals surface area contributed by atoms with Gasteiger partial charge in [0.05, 0.1) is 22.1 Å². The minimum absolute atomic E-state index is 1.10. The second-order valence-electron chi connectivity index (χ2n) is 16.2. The number of aromatic nitrogens is 2. The molecule has 12 rings (SSSR count). The van der Waals surface area contributed by atoms with Gasteiger partial charge < -0.3 is 14.0 Å². The van der Waals surface area contributed by atoms with Crippen molar-refractivity contribution in [2.45, 2.75) is 0 Å². The van der Waals surface area contributed by atoms with Gasteiger partial charge in [-0.1, -0.05) is 158 Å². The van der Waals surface area contributed by atoms with Crippen LogP contribution in [0.1, 0.15) is 0 Å². The van der Waals surface area contributed by atoms with Crippen LogP contribution in [0.15, 0.2) is 249 Å². The Morgan fingerprint density at radius 1 is 0.222 bits per heavy atom. The zero-order valence-electron chi connectivity index (χ0n) is 34.5. The Balaban J connectivity index is 0.929. The van der Waals surface area contributed by atoms with Gasteiger partial charge in [0.15, 0.2) is 0 Å². The number of fused-ring (bicyclic) bond motifs is 6. The SMILES string of the molecule is c1ccc(-c2ccc(N(c3ccc(-c4ccccc4)cc3)c3ccc(-c4ccc5c(c4)c4ccccc4n5-c4ccc5c(c4)c4ccccc4n5-c4ccccc4)cc3)cc2)cc1. The number of para-hydroxylation sites is 3. The maximum absolute atomic E-state index is 2.43. The second kappa shape index (κ2) is 15.3. The number of benzene rings is 10. The van der Waals surface area contributed by atoms with E-state index >= 15 is 0 Å². The lowest BCUT2D eigenvalue weighted by molar-refractivity contribution is 1.17. The Morgan fingerprint density at radius 2 is 0.571 bits per heavy atom. The topological polar surface area (TPSA) is 13.1 Å². The molecule has 0 aliphatic rings. The van der Waals surface area contributed by atoms with E-state index in [1.54, 1.807) is 0 Å². The Kier molecular flexibility index (Phi) is 8.83. The molecule has 3 nitrogen and oxygen atoms in total. The fraction of sp³-hybridized carbons (Fsp3) is 0. The van der Waals surface area contributed by atoms with Gasteiger partial charge in [0.25, 0.3) is 0 Å². The van der Waals surface area contributed by atoms with E-state index in [4.69, 9.17) is 0 Å². The molecule has 2 aromatic heterocycles. The molecule has 0 spiro atoms. The van der Waals surface area contributed by atoms with Gasteiger partial charge in [-0.2, -0.15) is 0 Å². The average molecular weight is 804 g/mol. The van der Waals surface area contributed by atoms with Crippen molar-refractivity contribution >= 4 is 60.7 Å². The molecule has 12 aromatic rings. The minimum Gasteiger partial charge on any atom is -0.311 e. The highest BCUT2D eigenvalue weighted by Crippen LogP contribution is 2.41. The first kappa shape index (κ1) is 36.5. The van der Waals surface area contributed by atoms with E-state index in [0.717, 1.165) is 28.4 Å². The molecule has 0 aliphatic heterocycles. The van der Waals surface area contributed by atoms with Gasteiger partial charge in [-0.15, -0.1) is 0 Å². The van der Waals surface area contributed by atoms with Gasteiger partial charge in [0.1, 0.15) is 0 Å². The number of hydrogen-bond acceptors (Lipinski definition) is 1. The molecule has 0 amide bonds. The smallest absolute Gasteiger partial charge is 0.0542 e. The highest BCUT2D eigenvalue weighted by Gasteiger charge is 2.18. The predicted octanol–water partition coefficient (Wildman–Crippen LogP) is 16.4. The molecule has 3 heteroatoms. The molecule has 0 atom stereocenters. The molecule has 0 unspecified atom stereocenters. The maximum Gasteiger partial charge on any atom is 0.0542 e. The van der Waals surface area contributed by atoms with Crippen LogP contribution in [0, 0.1) is 0 Å². The van der Waals surface area contributed by atoms with Crippen LogP contribution in [0.3, 0.4) is 0 Å². The van der Waals surface area contributed by atoms with E-state index in [1.165, 1.54) is 77.0 Å². The highest BCUT2D eigenvalue weighted by atomic mass is 15.1. The number of hydrogen-bond donors (Lipinski definition) is 0. The maximum atomic E-state index is 2.43. The van der Waals surface area contributed by atoms with E-state index in [9.17, 15) is 0 Å². The number of rotatable bonds is 8. The first-order chi connectivity index (χ1) is 31.2. The van der Waals surface area contributed by atoms with Gasteiger partial charge in [-0.25, -0.2) is 0 Å². The number of anilines is 3. The molecule has 0 bridgehead atoms. The molecule has 0 saturated heterocycles. The Labute approximate surface area is 366 Å². The average Bonchev–Trinajstić information content (AvgIpc) is 3.88. The zero-order chi connectivity index (χ0) is 41.7. The molecule has 0 fully saturated rings. The van der Waals surface area contributed by atoms with Crippen LogP contribution in [-0.4, -0.2) is 9.13 Å². The van der Waals surface area contributed by atoms with E-state index < -0.39 is 0 Å². The molecule has 2 heterocycles. The fourth-order valence-electron chi connectivity index (χ4n) is 9.50. The highest BCUT2D eigenvalue weighted by molar-refractivity contribution is 6.13. The van der Waals surface area contributed by atoms with E-state index in [-0.39, 0.29) is 0 Å². The van der Waals surface area contributed by atoms with Crippen molar-refractivity contribution in [1.82, 2.24) is 9.13 Å². The van der Waals surface area contributed by atoms with Crippen LogP contribution in [0.4, 0.5) is 17.1 Å². The largest absolute Gasteiger partial charge is 0.311 e. The van der Waals surface area contributed by atoms with Gasteiger partial charge in [0.2, 0.25) is 0 Å². The van der Waals surface area contributed by atoms with Crippen LogP contribution < -0.4 is 4.90 Å². The van der Waals surface area contributed by atoms with Crippen molar-refractivity contribution < 1.29 is 0 Å². The van der Waals surface area contributed by atoms with Crippen molar-refractivity contribution in [3.63, 3.8) is 0 Å². The van der Waals surface area contributed by atoms with Crippen LogP contribution in [0.2, 0.25) is 0 Å². The molecule has 63 heavy (non-hydrogen) atoms. The van der Waals surface area contributed by atoms with Crippen molar-refractivity contribution in [1.29, 1.82) is 0 Å². The molecular formula is C60H41N3. The lowest BCUT2D eigenvalue weighted by atomic mass is 10.0. The Morgan fingerprint density at radius 3 is 1.08 bits per heavy atom. The van der Waals surface area contributed by atoms with Crippen molar-refractivity contribution in [2.75, 3.05) is 4.90 Å². The second-order valence-corrected chi connectivity index (χ2v) is 16.2. The van der Waals surface area contributed by atoms with Crippen molar-refractivity contribution in [2.24, 2.45) is 0 Å². The third-order valence-electron chi connectivity index (χ3n) is 12.5. The summed E-state index contributed by atoms with van der Waals surface area (Å²) in [5.41, 5.74) is 17.6. The monoisotopic (exact) mass is 803 g/mol.